The van der Waals surface area contributed by atoms with E-state index in [-0.39, 0.29) is 5.91 Å². The molecule has 1 atom stereocenters. The largest absolute Gasteiger partial charge is 0.481 e. The number of benzene rings is 3. The number of hydrogen-bond donors (Lipinski definition) is 1. The third-order valence-corrected chi connectivity index (χ3v) is 5.58. The summed E-state index contributed by atoms with van der Waals surface area (Å²) >= 11 is 0. The fourth-order valence-electron chi connectivity index (χ4n) is 3.81. The molecule has 0 fully saturated rings. The van der Waals surface area contributed by atoms with Crippen LogP contribution < -0.4 is 10.1 Å². The number of aryl methyl sites for hydroxylation is 2. The summed E-state index contributed by atoms with van der Waals surface area (Å²) in [5.41, 5.74) is 5.36. The van der Waals surface area contributed by atoms with Crippen molar-refractivity contribution in [2.24, 2.45) is 0 Å². The molecule has 1 heterocycles. The number of hydrogen-bond acceptors (Lipinski definition) is 2. The molecule has 1 amide bonds. The van der Waals surface area contributed by atoms with Crippen LogP contribution in [0.25, 0.3) is 21.8 Å². The molecule has 0 saturated carbocycles. The van der Waals surface area contributed by atoms with Gasteiger partial charge in [0, 0.05) is 34.0 Å². The summed E-state index contributed by atoms with van der Waals surface area (Å²) in [7, 11) is 0. The second-order valence-corrected chi connectivity index (χ2v) is 7.44. The molecule has 29 heavy (non-hydrogen) atoms. The summed E-state index contributed by atoms with van der Waals surface area (Å²) in [6, 6.07) is 20.3. The Morgan fingerprint density at radius 2 is 1.76 bits per heavy atom. The maximum absolute atomic E-state index is 12.7. The van der Waals surface area contributed by atoms with Crippen LogP contribution in [-0.2, 0) is 11.3 Å². The molecule has 4 heteroatoms. The Labute approximate surface area is 171 Å². The van der Waals surface area contributed by atoms with Gasteiger partial charge in [-0.3, -0.25) is 4.79 Å². The number of nitrogens with one attached hydrogen (secondary N) is 1. The van der Waals surface area contributed by atoms with E-state index in [0.29, 0.717) is 0 Å². The SMILES string of the molecule is CCn1c2ccccc2c2cc(NC(=O)[C@H](C)Oc3cccc(C)c3C)ccc21. The van der Waals surface area contributed by atoms with Gasteiger partial charge < -0.3 is 14.6 Å². The molecule has 0 radical (unpaired) electrons. The fraction of sp³-hybridized carbons (Fsp3) is 0.240. The first-order valence-corrected chi connectivity index (χ1v) is 10.0. The van der Waals surface area contributed by atoms with Gasteiger partial charge in [-0.15, -0.1) is 0 Å². The first-order chi connectivity index (χ1) is 14.0. The molecule has 0 saturated heterocycles. The van der Waals surface area contributed by atoms with Crippen molar-refractivity contribution >= 4 is 33.4 Å². The third kappa shape index (κ3) is 3.46. The number of ether oxygens (including phenoxy) is 1. The number of aromatic nitrogens is 1. The molecular formula is C25H26N2O2. The summed E-state index contributed by atoms with van der Waals surface area (Å²) in [4.78, 5) is 12.7. The zero-order chi connectivity index (χ0) is 20.5. The lowest BCUT2D eigenvalue weighted by molar-refractivity contribution is -0.122. The van der Waals surface area contributed by atoms with Gasteiger partial charge in [0.2, 0.25) is 0 Å². The van der Waals surface area contributed by atoms with Crippen molar-refractivity contribution in [3.63, 3.8) is 0 Å². The molecular weight excluding hydrogens is 360 g/mol. The maximum atomic E-state index is 12.7. The van der Waals surface area contributed by atoms with Gasteiger partial charge >= 0.3 is 0 Å². The van der Waals surface area contributed by atoms with E-state index in [2.05, 4.69) is 41.1 Å². The standard InChI is InChI=1S/C25H26N2O2/c1-5-27-22-11-7-6-10-20(22)21-15-19(13-14-23(21)27)26-25(28)18(4)29-24-12-8-9-16(2)17(24)3/h6-15,18H,5H2,1-4H3,(H,26,28)/t18-/m0/s1. The summed E-state index contributed by atoms with van der Waals surface area (Å²) in [6.07, 6.45) is -0.594. The van der Waals surface area contributed by atoms with Crippen LogP contribution in [0.5, 0.6) is 5.75 Å². The summed E-state index contributed by atoms with van der Waals surface area (Å²) in [6.45, 7) is 8.87. The number of nitrogens with zero attached hydrogens (tertiary/aromatic N) is 1. The normalized spacial score (nSPS) is 12.3. The van der Waals surface area contributed by atoms with Crippen LogP contribution in [0.2, 0.25) is 0 Å². The summed E-state index contributed by atoms with van der Waals surface area (Å²) < 4.78 is 8.22. The zero-order valence-electron chi connectivity index (χ0n) is 17.3. The molecule has 1 aromatic heterocycles. The highest BCUT2D eigenvalue weighted by Gasteiger charge is 2.17. The van der Waals surface area contributed by atoms with E-state index >= 15 is 0 Å². The Balaban J connectivity index is 1.59. The average molecular weight is 386 g/mol. The fourth-order valence-corrected chi connectivity index (χ4v) is 3.81. The van der Waals surface area contributed by atoms with Gasteiger partial charge in [0.25, 0.3) is 5.91 Å². The minimum atomic E-state index is -0.594. The molecule has 0 aliphatic carbocycles. The number of carbonyl (C=O) groups is 1. The van der Waals surface area contributed by atoms with Gasteiger partial charge in [-0.05, 0) is 69.2 Å². The number of anilines is 1. The summed E-state index contributed by atoms with van der Waals surface area (Å²) in [5, 5.41) is 5.34. The second kappa shape index (κ2) is 7.63. The monoisotopic (exact) mass is 386 g/mol. The zero-order valence-corrected chi connectivity index (χ0v) is 17.3. The van der Waals surface area contributed by atoms with Crippen molar-refractivity contribution in [3.05, 3.63) is 71.8 Å². The predicted molar refractivity (Wildman–Crippen MR) is 120 cm³/mol. The van der Waals surface area contributed by atoms with Gasteiger partial charge in [-0.25, -0.2) is 0 Å². The number of amides is 1. The molecule has 0 unspecified atom stereocenters. The number of rotatable bonds is 5. The topological polar surface area (TPSA) is 43.3 Å². The Morgan fingerprint density at radius 1 is 1.00 bits per heavy atom. The Kier molecular flexibility index (Phi) is 5.01. The van der Waals surface area contributed by atoms with Crippen molar-refractivity contribution in [1.29, 1.82) is 0 Å². The Hall–Kier alpha value is -3.27. The maximum Gasteiger partial charge on any atom is 0.265 e. The molecule has 0 bridgehead atoms. The van der Waals surface area contributed by atoms with Gasteiger partial charge in [0.05, 0.1) is 0 Å². The van der Waals surface area contributed by atoms with E-state index < -0.39 is 6.10 Å². The van der Waals surface area contributed by atoms with Crippen molar-refractivity contribution in [1.82, 2.24) is 4.57 Å². The van der Waals surface area contributed by atoms with Gasteiger partial charge in [0.1, 0.15) is 5.75 Å². The lowest BCUT2D eigenvalue weighted by Crippen LogP contribution is -2.30. The van der Waals surface area contributed by atoms with Crippen molar-refractivity contribution in [2.75, 3.05) is 5.32 Å². The number of fused-ring (bicyclic) bond motifs is 3. The van der Waals surface area contributed by atoms with E-state index in [9.17, 15) is 4.79 Å². The van der Waals surface area contributed by atoms with Crippen LogP contribution in [0.1, 0.15) is 25.0 Å². The third-order valence-electron chi connectivity index (χ3n) is 5.58. The van der Waals surface area contributed by atoms with Gasteiger partial charge in [-0.2, -0.15) is 0 Å². The Morgan fingerprint density at radius 3 is 2.55 bits per heavy atom. The molecule has 0 aliphatic rings. The minimum Gasteiger partial charge on any atom is -0.481 e. The lowest BCUT2D eigenvalue weighted by atomic mass is 10.1. The highest BCUT2D eigenvalue weighted by Crippen LogP contribution is 2.31. The molecule has 4 nitrogen and oxygen atoms in total. The molecule has 148 valence electrons. The van der Waals surface area contributed by atoms with E-state index in [1.54, 1.807) is 6.92 Å². The van der Waals surface area contributed by atoms with Gasteiger partial charge in [-0.1, -0.05) is 30.3 Å². The molecule has 4 aromatic rings. The smallest absolute Gasteiger partial charge is 0.265 e. The molecule has 0 spiro atoms. The predicted octanol–water partition coefficient (Wildman–Crippen LogP) is 5.84. The molecule has 3 aromatic carbocycles. The van der Waals surface area contributed by atoms with Crippen LogP contribution in [-0.4, -0.2) is 16.6 Å². The van der Waals surface area contributed by atoms with Crippen LogP contribution in [0.15, 0.2) is 60.7 Å². The highest BCUT2D eigenvalue weighted by molar-refractivity contribution is 6.10. The van der Waals surface area contributed by atoms with Crippen molar-refractivity contribution < 1.29 is 9.53 Å². The minimum absolute atomic E-state index is 0.163. The second-order valence-electron chi connectivity index (χ2n) is 7.44. The van der Waals surface area contributed by atoms with Crippen LogP contribution in [0.3, 0.4) is 0 Å². The number of carbonyl (C=O) groups excluding carboxylic acids is 1. The van der Waals surface area contributed by atoms with Crippen molar-refractivity contribution in [2.45, 2.75) is 40.3 Å². The first kappa shape index (κ1) is 19.1. The Bertz CT molecular complexity index is 1210. The molecule has 4 rings (SSSR count). The lowest BCUT2D eigenvalue weighted by Gasteiger charge is -2.17. The summed E-state index contributed by atoms with van der Waals surface area (Å²) in [5.74, 6) is 0.582. The van der Waals surface area contributed by atoms with E-state index in [0.717, 1.165) is 34.5 Å². The average Bonchev–Trinajstić information content (AvgIpc) is 3.04. The van der Waals surface area contributed by atoms with Crippen LogP contribution in [0.4, 0.5) is 5.69 Å². The van der Waals surface area contributed by atoms with Gasteiger partial charge in [0.15, 0.2) is 6.10 Å². The van der Waals surface area contributed by atoms with E-state index in [1.807, 2.05) is 50.2 Å². The molecule has 1 N–H and O–H groups in total. The highest BCUT2D eigenvalue weighted by atomic mass is 16.5. The van der Waals surface area contributed by atoms with E-state index in [4.69, 9.17) is 4.74 Å². The number of para-hydroxylation sites is 1. The van der Waals surface area contributed by atoms with E-state index in [1.165, 1.54) is 16.4 Å². The molecule has 0 aliphatic heterocycles. The van der Waals surface area contributed by atoms with Crippen LogP contribution in [0, 0.1) is 13.8 Å². The van der Waals surface area contributed by atoms with Crippen molar-refractivity contribution in [3.8, 4) is 5.75 Å². The van der Waals surface area contributed by atoms with Crippen LogP contribution >= 0.6 is 0 Å². The quantitative estimate of drug-likeness (QED) is 0.468. The first-order valence-electron chi connectivity index (χ1n) is 10.0.